The highest BCUT2D eigenvalue weighted by atomic mass is 35.5. The van der Waals surface area contributed by atoms with Crippen LogP contribution in [-0.2, 0) is 6.54 Å². The SMILES string of the molecule is CNCc1cnn(-c2ccc(OC)c(Cl)c2)c1C. The lowest BCUT2D eigenvalue weighted by Crippen LogP contribution is -2.06. The van der Waals surface area contributed by atoms with E-state index in [9.17, 15) is 0 Å². The second-order valence-electron chi connectivity index (χ2n) is 4.02. The third-order valence-electron chi connectivity index (χ3n) is 2.86. The van der Waals surface area contributed by atoms with E-state index in [1.807, 2.05) is 43.0 Å². The van der Waals surface area contributed by atoms with Gasteiger partial charge in [-0.15, -0.1) is 0 Å². The predicted octanol–water partition coefficient (Wildman–Crippen LogP) is 2.56. The Labute approximate surface area is 112 Å². The van der Waals surface area contributed by atoms with Gasteiger partial charge in [-0.3, -0.25) is 0 Å². The average molecular weight is 266 g/mol. The van der Waals surface area contributed by atoms with Gasteiger partial charge in [-0.2, -0.15) is 5.10 Å². The van der Waals surface area contributed by atoms with Crippen LogP contribution < -0.4 is 10.1 Å². The van der Waals surface area contributed by atoms with Gasteiger partial charge < -0.3 is 10.1 Å². The standard InChI is InChI=1S/C13H16ClN3O/c1-9-10(7-15-2)8-16-17(9)11-4-5-13(18-3)12(14)6-11/h4-6,8,15H,7H2,1-3H3. The molecule has 96 valence electrons. The van der Waals surface area contributed by atoms with Crippen molar-refractivity contribution in [2.45, 2.75) is 13.5 Å². The molecule has 1 aromatic heterocycles. The quantitative estimate of drug-likeness (QED) is 0.924. The highest BCUT2D eigenvalue weighted by Crippen LogP contribution is 2.27. The number of halogens is 1. The number of ether oxygens (including phenoxy) is 1. The van der Waals surface area contributed by atoms with E-state index in [2.05, 4.69) is 10.4 Å². The van der Waals surface area contributed by atoms with Crippen molar-refractivity contribution in [1.82, 2.24) is 15.1 Å². The van der Waals surface area contributed by atoms with Crippen LogP contribution in [0.15, 0.2) is 24.4 Å². The Bertz CT molecular complexity index is 551. The van der Waals surface area contributed by atoms with E-state index in [4.69, 9.17) is 16.3 Å². The molecule has 1 aromatic carbocycles. The summed E-state index contributed by atoms with van der Waals surface area (Å²) in [6, 6.07) is 5.63. The van der Waals surface area contributed by atoms with E-state index in [-0.39, 0.29) is 0 Å². The molecular weight excluding hydrogens is 250 g/mol. The van der Waals surface area contributed by atoms with Gasteiger partial charge in [0, 0.05) is 17.8 Å². The van der Waals surface area contributed by atoms with Crippen molar-refractivity contribution in [2.24, 2.45) is 0 Å². The first-order chi connectivity index (χ1) is 8.67. The largest absolute Gasteiger partial charge is 0.495 e. The molecule has 0 aliphatic rings. The molecule has 1 heterocycles. The average Bonchev–Trinajstić information content (AvgIpc) is 2.72. The summed E-state index contributed by atoms with van der Waals surface area (Å²) in [6.45, 7) is 2.84. The van der Waals surface area contributed by atoms with Gasteiger partial charge in [0.25, 0.3) is 0 Å². The number of aromatic nitrogens is 2. The Hall–Kier alpha value is -1.52. The van der Waals surface area contributed by atoms with E-state index < -0.39 is 0 Å². The molecule has 0 amide bonds. The van der Waals surface area contributed by atoms with Crippen molar-refractivity contribution in [3.05, 3.63) is 40.7 Å². The minimum atomic E-state index is 0.583. The zero-order valence-electron chi connectivity index (χ0n) is 10.7. The zero-order valence-corrected chi connectivity index (χ0v) is 11.5. The first kappa shape index (κ1) is 12.9. The lowest BCUT2D eigenvalue weighted by Gasteiger charge is -2.08. The highest BCUT2D eigenvalue weighted by Gasteiger charge is 2.09. The number of hydrogen-bond donors (Lipinski definition) is 1. The molecule has 0 fully saturated rings. The van der Waals surface area contributed by atoms with E-state index in [1.54, 1.807) is 7.11 Å². The normalized spacial score (nSPS) is 10.7. The van der Waals surface area contributed by atoms with E-state index in [1.165, 1.54) is 5.56 Å². The molecule has 2 rings (SSSR count). The third-order valence-corrected chi connectivity index (χ3v) is 3.15. The van der Waals surface area contributed by atoms with Crippen LogP contribution in [-0.4, -0.2) is 23.9 Å². The van der Waals surface area contributed by atoms with Crippen LogP contribution in [0.3, 0.4) is 0 Å². The van der Waals surface area contributed by atoms with Gasteiger partial charge in [0.15, 0.2) is 0 Å². The van der Waals surface area contributed by atoms with Crippen LogP contribution in [0.1, 0.15) is 11.3 Å². The second-order valence-corrected chi connectivity index (χ2v) is 4.42. The number of rotatable bonds is 4. The Balaban J connectivity index is 2.39. The summed E-state index contributed by atoms with van der Waals surface area (Å²) in [5, 5.41) is 8.08. The smallest absolute Gasteiger partial charge is 0.137 e. The molecule has 0 radical (unpaired) electrons. The van der Waals surface area contributed by atoms with Crippen molar-refractivity contribution in [2.75, 3.05) is 14.2 Å². The van der Waals surface area contributed by atoms with Crippen molar-refractivity contribution < 1.29 is 4.74 Å². The fraction of sp³-hybridized carbons (Fsp3) is 0.308. The molecule has 2 aromatic rings. The Morgan fingerprint density at radius 1 is 1.44 bits per heavy atom. The second kappa shape index (κ2) is 5.42. The fourth-order valence-electron chi connectivity index (χ4n) is 1.85. The minimum absolute atomic E-state index is 0.583. The summed E-state index contributed by atoms with van der Waals surface area (Å²) < 4.78 is 7.01. The molecular formula is C13H16ClN3O. The van der Waals surface area contributed by atoms with E-state index >= 15 is 0 Å². The molecule has 0 bridgehead atoms. The maximum atomic E-state index is 6.12. The van der Waals surface area contributed by atoms with Crippen LogP contribution >= 0.6 is 11.6 Å². The Morgan fingerprint density at radius 2 is 2.22 bits per heavy atom. The molecule has 18 heavy (non-hydrogen) atoms. The summed E-state index contributed by atoms with van der Waals surface area (Å²) in [5.41, 5.74) is 3.20. The number of nitrogens with zero attached hydrogens (tertiary/aromatic N) is 2. The van der Waals surface area contributed by atoms with Crippen LogP contribution in [0, 0.1) is 6.92 Å². The van der Waals surface area contributed by atoms with Gasteiger partial charge >= 0.3 is 0 Å². The van der Waals surface area contributed by atoms with Gasteiger partial charge in [0.05, 0.1) is 24.0 Å². The molecule has 0 atom stereocenters. The summed E-state index contributed by atoms with van der Waals surface area (Å²) >= 11 is 6.12. The lowest BCUT2D eigenvalue weighted by atomic mass is 10.2. The summed E-state index contributed by atoms with van der Waals surface area (Å²) in [5.74, 6) is 0.667. The number of benzene rings is 1. The van der Waals surface area contributed by atoms with Crippen molar-refractivity contribution >= 4 is 11.6 Å². The molecule has 0 saturated heterocycles. The summed E-state index contributed by atoms with van der Waals surface area (Å²) in [7, 11) is 3.52. The number of hydrogen-bond acceptors (Lipinski definition) is 3. The van der Waals surface area contributed by atoms with Gasteiger partial charge in [-0.25, -0.2) is 4.68 Å². The number of methoxy groups -OCH3 is 1. The van der Waals surface area contributed by atoms with E-state index in [0.717, 1.165) is 17.9 Å². The topological polar surface area (TPSA) is 39.1 Å². The van der Waals surface area contributed by atoms with Gasteiger partial charge in [0.2, 0.25) is 0 Å². The first-order valence-electron chi connectivity index (χ1n) is 5.69. The van der Waals surface area contributed by atoms with Crippen molar-refractivity contribution in [3.8, 4) is 11.4 Å². The number of nitrogens with one attached hydrogen (secondary N) is 1. The minimum Gasteiger partial charge on any atom is -0.495 e. The molecule has 0 spiro atoms. The summed E-state index contributed by atoms with van der Waals surface area (Å²) in [6.07, 6.45) is 1.87. The predicted molar refractivity (Wildman–Crippen MR) is 72.6 cm³/mol. The molecule has 0 aliphatic carbocycles. The lowest BCUT2D eigenvalue weighted by molar-refractivity contribution is 0.415. The molecule has 0 unspecified atom stereocenters. The van der Waals surface area contributed by atoms with Gasteiger partial charge in [-0.05, 0) is 32.2 Å². The van der Waals surface area contributed by atoms with Crippen LogP contribution in [0.4, 0.5) is 0 Å². The molecule has 5 heteroatoms. The van der Waals surface area contributed by atoms with Crippen LogP contribution in [0.2, 0.25) is 5.02 Å². The van der Waals surface area contributed by atoms with Crippen LogP contribution in [0.25, 0.3) is 5.69 Å². The van der Waals surface area contributed by atoms with Crippen LogP contribution in [0.5, 0.6) is 5.75 Å². The zero-order chi connectivity index (χ0) is 13.1. The van der Waals surface area contributed by atoms with Gasteiger partial charge in [0.1, 0.15) is 5.75 Å². The fourth-order valence-corrected chi connectivity index (χ4v) is 2.11. The first-order valence-corrected chi connectivity index (χ1v) is 6.07. The Kier molecular flexibility index (Phi) is 3.89. The molecule has 0 aliphatic heterocycles. The maximum absolute atomic E-state index is 6.12. The summed E-state index contributed by atoms with van der Waals surface area (Å²) in [4.78, 5) is 0. The highest BCUT2D eigenvalue weighted by molar-refractivity contribution is 6.32. The monoisotopic (exact) mass is 265 g/mol. The van der Waals surface area contributed by atoms with Crippen molar-refractivity contribution in [3.63, 3.8) is 0 Å². The molecule has 0 saturated carbocycles. The van der Waals surface area contributed by atoms with Crippen molar-refractivity contribution in [1.29, 1.82) is 0 Å². The maximum Gasteiger partial charge on any atom is 0.137 e. The third kappa shape index (κ3) is 2.35. The Morgan fingerprint density at radius 3 is 2.83 bits per heavy atom. The van der Waals surface area contributed by atoms with E-state index in [0.29, 0.717) is 10.8 Å². The van der Waals surface area contributed by atoms with Gasteiger partial charge in [-0.1, -0.05) is 11.6 Å². The molecule has 1 N–H and O–H groups in total. The molecule has 4 nitrogen and oxygen atoms in total.